The zero-order chi connectivity index (χ0) is 11.4. The molecule has 1 aromatic carbocycles. The number of anilines is 1. The second-order valence-corrected chi connectivity index (χ2v) is 3.86. The lowest BCUT2D eigenvalue weighted by Gasteiger charge is -2.08. The lowest BCUT2D eigenvalue weighted by Crippen LogP contribution is -2.11. The van der Waals surface area contributed by atoms with Gasteiger partial charge in [-0.3, -0.25) is 4.79 Å². The minimum Gasteiger partial charge on any atom is -0.325 e. The van der Waals surface area contributed by atoms with Gasteiger partial charge in [0.2, 0.25) is 5.91 Å². The molecule has 4 heteroatoms. The number of benzene rings is 1. The van der Waals surface area contributed by atoms with Crippen molar-refractivity contribution < 1.29 is 9.18 Å². The van der Waals surface area contributed by atoms with Crippen molar-refractivity contribution in [2.75, 3.05) is 5.32 Å². The molecule has 0 aliphatic heterocycles. The number of terminal acetylenes is 1. The smallest absolute Gasteiger partial charge is 0.236 e. The van der Waals surface area contributed by atoms with Gasteiger partial charge in [-0.05, 0) is 40.5 Å². The molecule has 1 amide bonds. The molecule has 0 aliphatic carbocycles. The predicted molar refractivity (Wildman–Crippen MR) is 60.9 cm³/mol. The summed E-state index contributed by atoms with van der Waals surface area (Å²) in [5, 5.41) is 2.60. The van der Waals surface area contributed by atoms with E-state index in [9.17, 15) is 9.18 Å². The van der Waals surface area contributed by atoms with Crippen LogP contribution >= 0.6 is 15.9 Å². The van der Waals surface area contributed by atoms with Gasteiger partial charge in [-0.25, -0.2) is 4.39 Å². The van der Waals surface area contributed by atoms with Crippen LogP contribution in [0.1, 0.15) is 12.0 Å². The number of amides is 1. The summed E-state index contributed by atoms with van der Waals surface area (Å²) in [7, 11) is 0. The molecule has 1 aromatic rings. The summed E-state index contributed by atoms with van der Waals surface area (Å²) >= 11 is 3.04. The Morgan fingerprint density at radius 3 is 2.93 bits per heavy atom. The summed E-state index contributed by atoms with van der Waals surface area (Å²) in [6, 6.07) is 2.86. The molecule has 0 aromatic heterocycles. The van der Waals surface area contributed by atoms with Gasteiger partial charge in [-0.2, -0.15) is 0 Å². The zero-order valence-electron chi connectivity index (χ0n) is 8.10. The first-order valence-corrected chi connectivity index (χ1v) is 5.03. The Labute approximate surface area is 96.0 Å². The molecule has 0 saturated heterocycles. The maximum atomic E-state index is 13.1. The molecule has 0 unspecified atom stereocenters. The Morgan fingerprint density at radius 1 is 1.67 bits per heavy atom. The average Bonchev–Trinajstić information content (AvgIpc) is 2.14. The van der Waals surface area contributed by atoms with Crippen LogP contribution in [0.5, 0.6) is 0 Å². The largest absolute Gasteiger partial charge is 0.325 e. The standard InChI is InChI=1S/C11H9BrFNO/c1-3-4-11(15)14-10-6-8(12)9(13)5-7(10)2/h1,5-6H,4H2,2H3,(H,14,15). The van der Waals surface area contributed by atoms with Crippen molar-refractivity contribution in [2.24, 2.45) is 0 Å². The molecule has 1 rings (SSSR count). The zero-order valence-corrected chi connectivity index (χ0v) is 9.69. The minimum absolute atomic E-state index is 0.00837. The van der Waals surface area contributed by atoms with E-state index < -0.39 is 0 Å². The van der Waals surface area contributed by atoms with Crippen LogP contribution in [-0.4, -0.2) is 5.91 Å². The van der Waals surface area contributed by atoms with Gasteiger partial charge in [0.15, 0.2) is 0 Å². The molecule has 1 N–H and O–H groups in total. The van der Waals surface area contributed by atoms with Crippen LogP contribution < -0.4 is 5.32 Å². The van der Waals surface area contributed by atoms with Gasteiger partial charge < -0.3 is 5.32 Å². The SMILES string of the molecule is C#CCC(=O)Nc1cc(Br)c(F)cc1C. The third-order valence-electron chi connectivity index (χ3n) is 1.80. The molecule has 0 saturated carbocycles. The first-order valence-electron chi connectivity index (χ1n) is 4.23. The number of carbonyl (C=O) groups is 1. The first-order chi connectivity index (χ1) is 7.04. The van der Waals surface area contributed by atoms with E-state index in [1.165, 1.54) is 12.1 Å². The molecule has 0 spiro atoms. The topological polar surface area (TPSA) is 29.1 Å². The predicted octanol–water partition coefficient (Wildman–Crippen LogP) is 2.86. The lowest BCUT2D eigenvalue weighted by atomic mass is 10.2. The third kappa shape index (κ3) is 3.07. The van der Waals surface area contributed by atoms with Gasteiger partial charge >= 0.3 is 0 Å². The van der Waals surface area contributed by atoms with Crippen molar-refractivity contribution >= 4 is 27.5 Å². The molecule has 78 valence electrons. The molecular weight excluding hydrogens is 261 g/mol. The number of carbonyl (C=O) groups excluding carboxylic acids is 1. The van der Waals surface area contributed by atoms with Gasteiger partial charge in [0.25, 0.3) is 0 Å². The van der Waals surface area contributed by atoms with E-state index >= 15 is 0 Å². The van der Waals surface area contributed by atoms with Crippen molar-refractivity contribution in [3.63, 3.8) is 0 Å². The van der Waals surface area contributed by atoms with Crippen LogP contribution in [0.25, 0.3) is 0 Å². The minimum atomic E-state index is -0.359. The molecule has 0 fully saturated rings. The highest BCUT2D eigenvalue weighted by Gasteiger charge is 2.07. The average molecular weight is 270 g/mol. The van der Waals surface area contributed by atoms with E-state index in [4.69, 9.17) is 6.42 Å². The first kappa shape index (κ1) is 11.7. The van der Waals surface area contributed by atoms with Crippen molar-refractivity contribution in [2.45, 2.75) is 13.3 Å². The van der Waals surface area contributed by atoms with Gasteiger partial charge in [0.1, 0.15) is 5.82 Å². The van der Waals surface area contributed by atoms with E-state index in [2.05, 4.69) is 27.2 Å². The molecule has 0 bridgehead atoms. The second kappa shape index (κ2) is 4.94. The van der Waals surface area contributed by atoms with Crippen molar-refractivity contribution in [1.82, 2.24) is 0 Å². The monoisotopic (exact) mass is 269 g/mol. The van der Waals surface area contributed by atoms with Crippen LogP contribution in [0.4, 0.5) is 10.1 Å². The van der Waals surface area contributed by atoms with Gasteiger partial charge in [0.05, 0.1) is 10.9 Å². The van der Waals surface area contributed by atoms with Crippen LogP contribution in [0.3, 0.4) is 0 Å². The van der Waals surface area contributed by atoms with Gasteiger partial charge in [-0.1, -0.05) is 5.92 Å². The fourth-order valence-corrected chi connectivity index (χ4v) is 1.41. The highest BCUT2D eigenvalue weighted by atomic mass is 79.9. The van der Waals surface area contributed by atoms with Crippen LogP contribution in [-0.2, 0) is 4.79 Å². The normalized spacial score (nSPS) is 9.47. The van der Waals surface area contributed by atoms with Crippen molar-refractivity contribution in [1.29, 1.82) is 0 Å². The maximum absolute atomic E-state index is 13.1. The van der Waals surface area contributed by atoms with E-state index in [1.807, 2.05) is 0 Å². The van der Waals surface area contributed by atoms with Crippen LogP contribution in [0.2, 0.25) is 0 Å². The van der Waals surface area contributed by atoms with Crippen LogP contribution in [0, 0.1) is 25.1 Å². The molecule has 0 atom stereocenters. The Balaban J connectivity index is 2.92. The fraction of sp³-hybridized carbons (Fsp3) is 0.182. The van der Waals surface area contributed by atoms with E-state index in [0.717, 1.165) is 0 Å². The molecule has 2 nitrogen and oxygen atoms in total. The van der Waals surface area contributed by atoms with Gasteiger partial charge in [-0.15, -0.1) is 6.42 Å². The lowest BCUT2D eigenvalue weighted by molar-refractivity contribution is -0.115. The molecular formula is C11H9BrFNO. The number of aryl methyl sites for hydroxylation is 1. The summed E-state index contributed by atoms with van der Waals surface area (Å²) in [5.74, 6) is 1.60. The summed E-state index contributed by atoms with van der Waals surface area (Å²) in [5.41, 5.74) is 1.21. The van der Waals surface area contributed by atoms with Crippen molar-refractivity contribution in [3.8, 4) is 12.3 Å². The number of nitrogens with one attached hydrogen (secondary N) is 1. The maximum Gasteiger partial charge on any atom is 0.236 e. The third-order valence-corrected chi connectivity index (χ3v) is 2.41. The van der Waals surface area contributed by atoms with Crippen LogP contribution in [0.15, 0.2) is 16.6 Å². The van der Waals surface area contributed by atoms with E-state index in [0.29, 0.717) is 15.7 Å². The Morgan fingerprint density at radius 2 is 2.33 bits per heavy atom. The Kier molecular flexibility index (Phi) is 3.87. The molecule has 0 aliphatic rings. The molecule has 15 heavy (non-hydrogen) atoms. The van der Waals surface area contributed by atoms with E-state index in [1.54, 1.807) is 6.92 Å². The number of halogens is 2. The quantitative estimate of drug-likeness (QED) is 0.822. The highest BCUT2D eigenvalue weighted by molar-refractivity contribution is 9.10. The van der Waals surface area contributed by atoms with Gasteiger partial charge in [0, 0.05) is 5.69 Å². The van der Waals surface area contributed by atoms with E-state index in [-0.39, 0.29) is 18.1 Å². The highest BCUT2D eigenvalue weighted by Crippen LogP contribution is 2.24. The summed E-state index contributed by atoms with van der Waals surface area (Å²) < 4.78 is 13.4. The number of rotatable bonds is 2. The molecule has 0 radical (unpaired) electrons. The summed E-state index contributed by atoms with van der Waals surface area (Å²) in [6.07, 6.45) is 5.00. The fourth-order valence-electron chi connectivity index (χ4n) is 1.07. The number of hydrogen-bond acceptors (Lipinski definition) is 1. The van der Waals surface area contributed by atoms with Crippen molar-refractivity contribution in [3.05, 3.63) is 28.0 Å². The second-order valence-electron chi connectivity index (χ2n) is 3.01. The number of hydrogen-bond donors (Lipinski definition) is 1. The Bertz CT molecular complexity index is 437. The molecule has 0 heterocycles. The Hall–Kier alpha value is -1.34. The summed E-state index contributed by atoms with van der Waals surface area (Å²) in [6.45, 7) is 1.71. The summed E-state index contributed by atoms with van der Waals surface area (Å²) in [4.78, 5) is 11.2.